The molecule has 0 radical (unpaired) electrons. The molecule has 0 fully saturated rings. The number of carbonyl (C=O) groups excluding carboxylic acids is 2. The summed E-state index contributed by atoms with van der Waals surface area (Å²) < 4.78 is 5.11. The van der Waals surface area contributed by atoms with Crippen molar-refractivity contribution in [2.75, 3.05) is 20.2 Å². The lowest BCUT2D eigenvalue weighted by atomic mass is 10.1. The van der Waals surface area contributed by atoms with E-state index in [1.807, 2.05) is 31.2 Å². The summed E-state index contributed by atoms with van der Waals surface area (Å²) in [5.41, 5.74) is 1.58. The van der Waals surface area contributed by atoms with Gasteiger partial charge in [0.05, 0.1) is 7.11 Å². The standard InChI is InChI=1S/C19H23N3O3/c1-3-12-20-18(23)16-5-4-6-17(22-16)19(24)21-13-11-14-7-9-15(25-2)10-8-14/h4-10H,3,11-13H2,1-2H3,(H,20,23)(H,21,24). The van der Waals surface area contributed by atoms with Crippen molar-refractivity contribution in [2.45, 2.75) is 19.8 Å². The average Bonchev–Trinajstić information content (AvgIpc) is 2.66. The molecule has 25 heavy (non-hydrogen) atoms. The predicted molar refractivity (Wildman–Crippen MR) is 95.9 cm³/mol. The molecule has 1 aromatic heterocycles. The Hall–Kier alpha value is -2.89. The fraction of sp³-hybridized carbons (Fsp3) is 0.316. The molecule has 0 aliphatic rings. The topological polar surface area (TPSA) is 80.3 Å². The van der Waals surface area contributed by atoms with Gasteiger partial charge in [-0.15, -0.1) is 0 Å². The van der Waals surface area contributed by atoms with Crippen molar-refractivity contribution in [3.05, 3.63) is 59.4 Å². The van der Waals surface area contributed by atoms with E-state index in [1.165, 1.54) is 0 Å². The second kappa shape index (κ2) is 9.42. The summed E-state index contributed by atoms with van der Waals surface area (Å²) in [4.78, 5) is 28.2. The van der Waals surface area contributed by atoms with Crippen molar-refractivity contribution in [1.29, 1.82) is 0 Å². The van der Waals surface area contributed by atoms with Crippen LogP contribution in [0.1, 0.15) is 39.9 Å². The number of aromatic nitrogens is 1. The minimum absolute atomic E-state index is 0.235. The van der Waals surface area contributed by atoms with E-state index in [2.05, 4.69) is 15.6 Å². The van der Waals surface area contributed by atoms with Gasteiger partial charge < -0.3 is 15.4 Å². The van der Waals surface area contributed by atoms with Crippen molar-refractivity contribution < 1.29 is 14.3 Å². The third kappa shape index (κ3) is 5.60. The van der Waals surface area contributed by atoms with Gasteiger partial charge in [-0.1, -0.05) is 25.1 Å². The van der Waals surface area contributed by atoms with Crippen LogP contribution in [0.3, 0.4) is 0 Å². The normalized spacial score (nSPS) is 10.2. The fourth-order valence-corrected chi connectivity index (χ4v) is 2.22. The Kier molecular flexibility index (Phi) is 6.95. The molecule has 0 unspecified atom stereocenters. The number of nitrogens with one attached hydrogen (secondary N) is 2. The molecule has 0 saturated heterocycles. The molecule has 2 N–H and O–H groups in total. The van der Waals surface area contributed by atoms with Crippen LogP contribution in [0.25, 0.3) is 0 Å². The number of carbonyl (C=O) groups is 2. The molecule has 0 spiro atoms. The maximum atomic E-state index is 12.2. The highest BCUT2D eigenvalue weighted by Crippen LogP contribution is 2.11. The highest BCUT2D eigenvalue weighted by atomic mass is 16.5. The van der Waals surface area contributed by atoms with Crippen LogP contribution < -0.4 is 15.4 Å². The van der Waals surface area contributed by atoms with Gasteiger partial charge in [0.25, 0.3) is 11.8 Å². The summed E-state index contributed by atoms with van der Waals surface area (Å²) in [5.74, 6) is 0.239. The minimum Gasteiger partial charge on any atom is -0.497 e. The number of pyridine rings is 1. The van der Waals surface area contributed by atoms with Crippen LogP contribution in [0.15, 0.2) is 42.5 Å². The van der Waals surface area contributed by atoms with Crippen molar-refractivity contribution >= 4 is 11.8 Å². The summed E-state index contributed by atoms with van der Waals surface area (Å²) in [6.45, 7) is 3.04. The number of methoxy groups -OCH3 is 1. The lowest BCUT2D eigenvalue weighted by molar-refractivity contribution is 0.0944. The zero-order valence-electron chi connectivity index (χ0n) is 14.5. The van der Waals surface area contributed by atoms with Gasteiger partial charge in [0.15, 0.2) is 0 Å². The molecular formula is C19H23N3O3. The molecule has 0 bridgehead atoms. The first-order chi connectivity index (χ1) is 12.1. The van der Waals surface area contributed by atoms with Crippen molar-refractivity contribution in [2.24, 2.45) is 0 Å². The van der Waals surface area contributed by atoms with E-state index >= 15 is 0 Å². The summed E-state index contributed by atoms with van der Waals surface area (Å²) in [6, 6.07) is 12.5. The number of hydrogen-bond acceptors (Lipinski definition) is 4. The molecular weight excluding hydrogens is 318 g/mol. The van der Waals surface area contributed by atoms with Gasteiger partial charge in [0, 0.05) is 13.1 Å². The zero-order chi connectivity index (χ0) is 18.1. The molecule has 132 valence electrons. The van der Waals surface area contributed by atoms with Gasteiger partial charge in [-0.25, -0.2) is 4.98 Å². The van der Waals surface area contributed by atoms with Crippen molar-refractivity contribution in [3.63, 3.8) is 0 Å². The molecule has 1 aromatic carbocycles. The third-order valence-corrected chi connectivity index (χ3v) is 3.61. The minimum atomic E-state index is -0.293. The van der Waals surface area contributed by atoms with E-state index in [4.69, 9.17) is 4.74 Å². The molecule has 2 aromatic rings. The van der Waals surface area contributed by atoms with Gasteiger partial charge in [-0.2, -0.15) is 0 Å². The molecule has 0 aliphatic carbocycles. The number of ether oxygens (including phenoxy) is 1. The van der Waals surface area contributed by atoms with Crippen molar-refractivity contribution in [1.82, 2.24) is 15.6 Å². The quantitative estimate of drug-likeness (QED) is 0.771. The smallest absolute Gasteiger partial charge is 0.269 e. The van der Waals surface area contributed by atoms with E-state index in [0.717, 1.165) is 17.7 Å². The summed E-state index contributed by atoms with van der Waals surface area (Å²) >= 11 is 0. The van der Waals surface area contributed by atoms with E-state index in [1.54, 1.807) is 25.3 Å². The Balaban J connectivity index is 1.88. The van der Waals surface area contributed by atoms with Gasteiger partial charge in [0.1, 0.15) is 17.1 Å². The largest absolute Gasteiger partial charge is 0.497 e. The van der Waals surface area contributed by atoms with Crippen LogP contribution in [0, 0.1) is 0 Å². The van der Waals surface area contributed by atoms with E-state index in [0.29, 0.717) is 19.5 Å². The molecule has 0 atom stereocenters. The highest BCUT2D eigenvalue weighted by molar-refractivity contribution is 5.96. The highest BCUT2D eigenvalue weighted by Gasteiger charge is 2.11. The first-order valence-electron chi connectivity index (χ1n) is 8.30. The van der Waals surface area contributed by atoms with E-state index in [-0.39, 0.29) is 23.2 Å². The Morgan fingerprint density at radius 2 is 1.56 bits per heavy atom. The Bertz CT molecular complexity index is 714. The van der Waals surface area contributed by atoms with Crippen LogP contribution in [0.2, 0.25) is 0 Å². The Morgan fingerprint density at radius 1 is 0.960 bits per heavy atom. The van der Waals surface area contributed by atoms with Crippen LogP contribution >= 0.6 is 0 Å². The van der Waals surface area contributed by atoms with Gasteiger partial charge in [-0.3, -0.25) is 9.59 Å². The maximum Gasteiger partial charge on any atom is 0.269 e. The number of rotatable bonds is 8. The van der Waals surface area contributed by atoms with Crippen LogP contribution in [-0.4, -0.2) is 37.0 Å². The Labute approximate surface area is 147 Å². The van der Waals surface area contributed by atoms with Crippen LogP contribution in [-0.2, 0) is 6.42 Å². The molecule has 2 rings (SSSR count). The zero-order valence-corrected chi connectivity index (χ0v) is 14.5. The lowest BCUT2D eigenvalue weighted by Gasteiger charge is -2.07. The molecule has 1 heterocycles. The summed E-state index contributed by atoms with van der Waals surface area (Å²) in [5, 5.41) is 5.57. The Morgan fingerprint density at radius 3 is 2.12 bits per heavy atom. The second-order valence-corrected chi connectivity index (χ2v) is 5.52. The maximum absolute atomic E-state index is 12.2. The first kappa shape index (κ1) is 18.4. The van der Waals surface area contributed by atoms with E-state index in [9.17, 15) is 9.59 Å². The summed E-state index contributed by atoms with van der Waals surface area (Å²) in [6.07, 6.45) is 1.55. The third-order valence-electron chi connectivity index (χ3n) is 3.61. The first-order valence-corrected chi connectivity index (χ1v) is 8.30. The molecule has 6 nitrogen and oxygen atoms in total. The monoisotopic (exact) mass is 341 g/mol. The SMILES string of the molecule is CCCNC(=O)c1cccc(C(=O)NCCc2ccc(OC)cc2)n1. The average molecular weight is 341 g/mol. The molecule has 0 aliphatic heterocycles. The number of benzene rings is 1. The van der Waals surface area contributed by atoms with Gasteiger partial charge in [0.2, 0.25) is 0 Å². The van der Waals surface area contributed by atoms with Crippen LogP contribution in [0.5, 0.6) is 5.75 Å². The molecule has 6 heteroatoms. The second-order valence-electron chi connectivity index (χ2n) is 5.52. The number of amides is 2. The van der Waals surface area contributed by atoms with Crippen molar-refractivity contribution in [3.8, 4) is 5.75 Å². The predicted octanol–water partition coefficient (Wildman–Crippen LogP) is 2.20. The van der Waals surface area contributed by atoms with E-state index < -0.39 is 0 Å². The number of nitrogens with zero attached hydrogens (tertiary/aromatic N) is 1. The lowest BCUT2D eigenvalue weighted by Crippen LogP contribution is -2.29. The van der Waals surface area contributed by atoms with Gasteiger partial charge in [-0.05, 0) is 42.7 Å². The number of hydrogen-bond donors (Lipinski definition) is 2. The molecule has 2 amide bonds. The summed E-state index contributed by atoms with van der Waals surface area (Å²) in [7, 11) is 1.62. The van der Waals surface area contributed by atoms with Crippen LogP contribution in [0.4, 0.5) is 0 Å². The van der Waals surface area contributed by atoms with Gasteiger partial charge >= 0.3 is 0 Å². The molecule has 0 saturated carbocycles. The fourth-order valence-electron chi connectivity index (χ4n) is 2.22.